The molecule has 2 N–H and O–H groups in total. The summed E-state index contributed by atoms with van der Waals surface area (Å²) in [5, 5.41) is 6.72. The van der Waals surface area contributed by atoms with E-state index < -0.39 is 0 Å². The van der Waals surface area contributed by atoms with Crippen molar-refractivity contribution in [3.8, 4) is 11.5 Å². The molecule has 0 amide bonds. The monoisotopic (exact) mass is 513 g/mol. The molecule has 1 fully saturated rings. The highest BCUT2D eigenvalue weighted by Gasteiger charge is 2.17. The van der Waals surface area contributed by atoms with Gasteiger partial charge in [0.25, 0.3) is 0 Å². The number of rotatable bonds is 7. The fourth-order valence-electron chi connectivity index (χ4n) is 3.10. The maximum absolute atomic E-state index is 5.62. The van der Waals surface area contributed by atoms with Crippen molar-refractivity contribution < 1.29 is 9.15 Å². The molecule has 8 heteroatoms. The second kappa shape index (κ2) is 12.1. The number of oxazole rings is 1. The Hall–Kier alpha value is -1.65. The molecule has 2 heterocycles. The highest BCUT2D eigenvalue weighted by atomic mass is 127. The third-order valence-electron chi connectivity index (χ3n) is 4.83. The summed E-state index contributed by atoms with van der Waals surface area (Å²) in [6, 6.07) is 8.58. The Balaban J connectivity index is 0.00000300. The minimum absolute atomic E-state index is 0. The third kappa shape index (κ3) is 7.27. The smallest absolute Gasteiger partial charge is 0.226 e. The molecule has 1 aliphatic heterocycles. The first-order chi connectivity index (χ1) is 13.7. The zero-order valence-corrected chi connectivity index (χ0v) is 19.8. The van der Waals surface area contributed by atoms with Crippen LogP contribution in [-0.4, -0.2) is 61.3 Å². The lowest BCUT2D eigenvalue weighted by atomic mass is 10.1. The van der Waals surface area contributed by atoms with Crippen molar-refractivity contribution in [1.82, 2.24) is 20.5 Å². The summed E-state index contributed by atoms with van der Waals surface area (Å²) in [5.74, 6) is 1.42. The molecule has 0 radical (unpaired) electrons. The molecule has 1 unspecified atom stereocenters. The van der Waals surface area contributed by atoms with Crippen LogP contribution in [0.3, 0.4) is 0 Å². The largest absolute Gasteiger partial charge is 0.444 e. The molecule has 1 aromatic heterocycles. The molecule has 0 saturated carbocycles. The van der Waals surface area contributed by atoms with Gasteiger partial charge in [0.1, 0.15) is 12.0 Å². The summed E-state index contributed by atoms with van der Waals surface area (Å²) < 4.78 is 11.0. The van der Waals surface area contributed by atoms with Crippen LogP contribution in [0, 0.1) is 6.92 Å². The summed E-state index contributed by atoms with van der Waals surface area (Å²) >= 11 is 0. The molecule has 7 nitrogen and oxygen atoms in total. The lowest BCUT2D eigenvalue weighted by molar-refractivity contribution is 0.0211. The van der Waals surface area contributed by atoms with Gasteiger partial charge in [0, 0.05) is 37.8 Å². The van der Waals surface area contributed by atoms with Crippen LogP contribution >= 0.6 is 24.0 Å². The molecule has 2 aromatic rings. The lowest BCUT2D eigenvalue weighted by Gasteiger charge is -2.32. The standard InChI is InChI=1S/C21H31N5O2.HI/c1-4-22-21(23-13-17(3)26-9-11-27-12-10-26)24-14-19-15-28-20(25-19)18-7-5-16(2)6-8-18;/h5-8,15,17H,4,9-14H2,1-3H3,(H2,22,23,24);1H. The summed E-state index contributed by atoms with van der Waals surface area (Å²) in [7, 11) is 0. The average Bonchev–Trinajstić information content (AvgIpc) is 3.20. The molecular weight excluding hydrogens is 481 g/mol. The van der Waals surface area contributed by atoms with Gasteiger partial charge >= 0.3 is 0 Å². The minimum Gasteiger partial charge on any atom is -0.444 e. The highest BCUT2D eigenvalue weighted by Crippen LogP contribution is 2.19. The van der Waals surface area contributed by atoms with E-state index in [0.29, 0.717) is 18.5 Å². The number of guanidine groups is 1. The van der Waals surface area contributed by atoms with Crippen LogP contribution in [-0.2, 0) is 11.3 Å². The second-order valence-corrected chi connectivity index (χ2v) is 7.08. The van der Waals surface area contributed by atoms with E-state index in [1.807, 2.05) is 12.1 Å². The van der Waals surface area contributed by atoms with Crippen molar-refractivity contribution in [2.45, 2.75) is 33.4 Å². The van der Waals surface area contributed by atoms with E-state index in [4.69, 9.17) is 9.15 Å². The van der Waals surface area contributed by atoms with Crippen LogP contribution in [0.2, 0.25) is 0 Å². The molecule has 1 atom stereocenters. The van der Waals surface area contributed by atoms with Gasteiger partial charge in [0.05, 0.1) is 19.8 Å². The van der Waals surface area contributed by atoms with Gasteiger partial charge in [-0.15, -0.1) is 24.0 Å². The van der Waals surface area contributed by atoms with Gasteiger partial charge in [-0.3, -0.25) is 4.90 Å². The van der Waals surface area contributed by atoms with Crippen LogP contribution in [0.1, 0.15) is 25.1 Å². The number of morpholine rings is 1. The quantitative estimate of drug-likeness (QED) is 0.337. The Morgan fingerprint density at radius 2 is 1.93 bits per heavy atom. The van der Waals surface area contributed by atoms with E-state index in [9.17, 15) is 0 Å². The molecular formula is C21H32IN5O2. The van der Waals surface area contributed by atoms with E-state index in [-0.39, 0.29) is 24.0 Å². The highest BCUT2D eigenvalue weighted by molar-refractivity contribution is 14.0. The van der Waals surface area contributed by atoms with Gasteiger partial charge < -0.3 is 19.8 Å². The van der Waals surface area contributed by atoms with Gasteiger partial charge in [-0.25, -0.2) is 9.98 Å². The predicted octanol–water partition coefficient (Wildman–Crippen LogP) is 3.04. The number of ether oxygens (including phenoxy) is 1. The molecule has 0 spiro atoms. The predicted molar refractivity (Wildman–Crippen MR) is 127 cm³/mol. The van der Waals surface area contributed by atoms with Crippen molar-refractivity contribution in [2.24, 2.45) is 4.99 Å². The van der Waals surface area contributed by atoms with Gasteiger partial charge in [-0.2, -0.15) is 0 Å². The SMILES string of the molecule is CCNC(=NCc1coc(-c2ccc(C)cc2)n1)NCC(C)N1CCOCC1.I. The number of aromatic nitrogens is 1. The second-order valence-electron chi connectivity index (χ2n) is 7.08. The normalized spacial score (nSPS) is 16.2. The van der Waals surface area contributed by atoms with Gasteiger partial charge in [0.2, 0.25) is 5.89 Å². The Labute approximate surface area is 190 Å². The van der Waals surface area contributed by atoms with E-state index in [2.05, 4.69) is 58.4 Å². The number of aryl methyl sites for hydroxylation is 1. The number of aliphatic imine (C=N–C) groups is 1. The number of halogens is 1. The van der Waals surface area contributed by atoms with Crippen molar-refractivity contribution in [3.63, 3.8) is 0 Å². The van der Waals surface area contributed by atoms with Gasteiger partial charge in [0.15, 0.2) is 5.96 Å². The lowest BCUT2D eigenvalue weighted by Crippen LogP contribution is -2.49. The summed E-state index contributed by atoms with van der Waals surface area (Å²) in [5.41, 5.74) is 3.01. The number of hydrogen-bond donors (Lipinski definition) is 2. The summed E-state index contributed by atoms with van der Waals surface area (Å²) in [6.45, 7) is 12.1. The van der Waals surface area contributed by atoms with Crippen molar-refractivity contribution >= 4 is 29.9 Å². The third-order valence-corrected chi connectivity index (χ3v) is 4.83. The van der Waals surface area contributed by atoms with Crippen LogP contribution in [0.15, 0.2) is 39.9 Å². The molecule has 1 aliphatic rings. The maximum atomic E-state index is 5.62. The fraction of sp³-hybridized carbons (Fsp3) is 0.524. The number of hydrogen-bond acceptors (Lipinski definition) is 5. The first-order valence-electron chi connectivity index (χ1n) is 10.0. The van der Waals surface area contributed by atoms with Gasteiger partial charge in [-0.05, 0) is 32.9 Å². The molecule has 0 bridgehead atoms. The molecule has 3 rings (SSSR count). The van der Waals surface area contributed by atoms with Crippen LogP contribution in [0.25, 0.3) is 11.5 Å². The molecule has 29 heavy (non-hydrogen) atoms. The van der Waals surface area contributed by atoms with Crippen molar-refractivity contribution in [2.75, 3.05) is 39.4 Å². The summed E-state index contributed by atoms with van der Waals surface area (Å²) in [6.07, 6.45) is 1.68. The van der Waals surface area contributed by atoms with Crippen LogP contribution in [0.4, 0.5) is 0 Å². The van der Waals surface area contributed by atoms with E-state index in [1.165, 1.54) is 5.56 Å². The molecule has 1 saturated heterocycles. The summed E-state index contributed by atoms with van der Waals surface area (Å²) in [4.78, 5) is 11.6. The number of benzene rings is 1. The zero-order chi connectivity index (χ0) is 19.8. The van der Waals surface area contributed by atoms with E-state index in [0.717, 1.165) is 56.6 Å². The minimum atomic E-state index is 0. The topological polar surface area (TPSA) is 74.9 Å². The van der Waals surface area contributed by atoms with Crippen molar-refractivity contribution in [1.29, 1.82) is 0 Å². The number of nitrogens with one attached hydrogen (secondary N) is 2. The Kier molecular flexibility index (Phi) is 9.89. The number of nitrogens with zero attached hydrogens (tertiary/aromatic N) is 3. The van der Waals surface area contributed by atoms with Crippen LogP contribution < -0.4 is 10.6 Å². The maximum Gasteiger partial charge on any atom is 0.226 e. The first kappa shape index (κ1) is 23.6. The Morgan fingerprint density at radius 3 is 2.62 bits per heavy atom. The average molecular weight is 513 g/mol. The fourth-order valence-corrected chi connectivity index (χ4v) is 3.10. The van der Waals surface area contributed by atoms with E-state index in [1.54, 1.807) is 6.26 Å². The molecule has 160 valence electrons. The van der Waals surface area contributed by atoms with Gasteiger partial charge in [-0.1, -0.05) is 17.7 Å². The first-order valence-corrected chi connectivity index (χ1v) is 10.0. The van der Waals surface area contributed by atoms with Crippen molar-refractivity contribution in [3.05, 3.63) is 41.8 Å². The Morgan fingerprint density at radius 1 is 1.21 bits per heavy atom. The van der Waals surface area contributed by atoms with Crippen LogP contribution in [0.5, 0.6) is 0 Å². The Bertz CT molecular complexity index is 757. The zero-order valence-electron chi connectivity index (χ0n) is 17.5. The molecule has 1 aromatic carbocycles. The molecule has 0 aliphatic carbocycles. The van der Waals surface area contributed by atoms with E-state index >= 15 is 0 Å².